The third-order valence-electron chi connectivity index (χ3n) is 1.30. The van der Waals surface area contributed by atoms with Gasteiger partial charge in [-0.2, -0.15) is 0 Å². The first-order valence-corrected chi connectivity index (χ1v) is 4.20. The highest BCUT2D eigenvalue weighted by molar-refractivity contribution is 7.12. The maximum atomic E-state index is 10.3. The van der Waals surface area contributed by atoms with Gasteiger partial charge in [-0.05, 0) is 12.1 Å². The number of hydrogen-bond acceptors (Lipinski definition) is 4. The van der Waals surface area contributed by atoms with Gasteiger partial charge in [0.05, 0.1) is 13.0 Å². The van der Waals surface area contributed by atoms with Crippen molar-refractivity contribution in [1.82, 2.24) is 5.48 Å². The fraction of sp³-hybridized carbons (Fsp3) is 0.286. The highest BCUT2D eigenvalue weighted by Crippen LogP contribution is 2.16. The molecule has 0 spiro atoms. The van der Waals surface area contributed by atoms with E-state index in [1.54, 1.807) is 12.1 Å². The van der Waals surface area contributed by atoms with Crippen LogP contribution in [-0.2, 0) is 17.8 Å². The standard InChI is InChI=1S/C7H9NO3S/c9-7(10)3-5-1-2-6(12-5)4-8-11/h1-2,8,11H,3-4H2,(H,9,10). The van der Waals surface area contributed by atoms with Gasteiger partial charge in [0.15, 0.2) is 0 Å². The van der Waals surface area contributed by atoms with Gasteiger partial charge in [0.1, 0.15) is 0 Å². The second-order valence-electron chi connectivity index (χ2n) is 2.27. The molecule has 0 unspecified atom stereocenters. The van der Waals surface area contributed by atoms with E-state index in [4.69, 9.17) is 10.3 Å². The minimum Gasteiger partial charge on any atom is -0.481 e. The van der Waals surface area contributed by atoms with Gasteiger partial charge in [-0.1, -0.05) is 0 Å². The topological polar surface area (TPSA) is 69.6 Å². The van der Waals surface area contributed by atoms with Crippen LogP contribution in [0.2, 0.25) is 0 Å². The molecule has 4 nitrogen and oxygen atoms in total. The minimum absolute atomic E-state index is 0.0517. The molecule has 0 amide bonds. The van der Waals surface area contributed by atoms with Crippen molar-refractivity contribution < 1.29 is 15.1 Å². The Bertz CT molecular complexity index is 271. The molecule has 1 rings (SSSR count). The van der Waals surface area contributed by atoms with Crippen LogP contribution in [0, 0.1) is 0 Å². The maximum absolute atomic E-state index is 10.3. The van der Waals surface area contributed by atoms with Crippen LogP contribution in [0.25, 0.3) is 0 Å². The van der Waals surface area contributed by atoms with Gasteiger partial charge < -0.3 is 10.3 Å². The van der Waals surface area contributed by atoms with Crippen LogP contribution in [0.15, 0.2) is 12.1 Å². The average molecular weight is 187 g/mol. The summed E-state index contributed by atoms with van der Waals surface area (Å²) in [5.74, 6) is -0.833. The summed E-state index contributed by atoms with van der Waals surface area (Å²) in [6, 6.07) is 3.55. The van der Waals surface area contributed by atoms with E-state index in [2.05, 4.69) is 0 Å². The van der Waals surface area contributed by atoms with Crippen LogP contribution in [0.1, 0.15) is 9.75 Å². The maximum Gasteiger partial charge on any atom is 0.308 e. The molecule has 0 aliphatic heterocycles. The summed E-state index contributed by atoms with van der Waals surface area (Å²) in [7, 11) is 0. The van der Waals surface area contributed by atoms with Crippen LogP contribution >= 0.6 is 11.3 Å². The SMILES string of the molecule is O=C(O)Cc1ccc(CNO)s1. The lowest BCUT2D eigenvalue weighted by molar-refractivity contribution is -0.136. The molecule has 0 saturated carbocycles. The van der Waals surface area contributed by atoms with Crippen molar-refractivity contribution in [3.63, 3.8) is 0 Å². The molecule has 0 fully saturated rings. The number of carboxylic acid groups (broad SMARTS) is 1. The van der Waals surface area contributed by atoms with Gasteiger partial charge in [-0.3, -0.25) is 4.79 Å². The Morgan fingerprint density at radius 1 is 1.50 bits per heavy atom. The highest BCUT2D eigenvalue weighted by Gasteiger charge is 2.03. The van der Waals surface area contributed by atoms with E-state index >= 15 is 0 Å². The van der Waals surface area contributed by atoms with Gasteiger partial charge >= 0.3 is 5.97 Å². The molecule has 0 saturated heterocycles. The number of rotatable bonds is 4. The molecule has 1 heterocycles. The summed E-state index contributed by atoms with van der Waals surface area (Å²) in [6.07, 6.45) is 0.0517. The van der Waals surface area contributed by atoms with Crippen LogP contribution in [0.5, 0.6) is 0 Å². The summed E-state index contributed by atoms with van der Waals surface area (Å²) < 4.78 is 0. The van der Waals surface area contributed by atoms with Crippen molar-refractivity contribution in [2.24, 2.45) is 0 Å². The fourth-order valence-electron chi connectivity index (χ4n) is 0.839. The Morgan fingerprint density at radius 2 is 2.17 bits per heavy atom. The number of carbonyl (C=O) groups is 1. The van der Waals surface area contributed by atoms with E-state index in [1.807, 2.05) is 5.48 Å². The number of hydrogen-bond donors (Lipinski definition) is 3. The van der Waals surface area contributed by atoms with Crippen molar-refractivity contribution in [2.75, 3.05) is 0 Å². The van der Waals surface area contributed by atoms with Gasteiger partial charge in [0.2, 0.25) is 0 Å². The molecule has 0 aliphatic carbocycles. The zero-order chi connectivity index (χ0) is 8.97. The van der Waals surface area contributed by atoms with E-state index < -0.39 is 5.97 Å². The van der Waals surface area contributed by atoms with Gasteiger partial charge in [0.25, 0.3) is 0 Å². The molecule has 12 heavy (non-hydrogen) atoms. The molecular formula is C7H9NO3S. The summed E-state index contributed by atoms with van der Waals surface area (Å²) in [4.78, 5) is 12.0. The molecule has 0 aliphatic rings. The normalized spacial score (nSPS) is 10.1. The smallest absolute Gasteiger partial charge is 0.308 e. The lowest BCUT2D eigenvalue weighted by Crippen LogP contribution is -2.03. The summed E-state index contributed by atoms with van der Waals surface area (Å²) >= 11 is 1.38. The second kappa shape index (κ2) is 4.20. The molecule has 1 aromatic heterocycles. The third-order valence-corrected chi connectivity index (χ3v) is 2.38. The van der Waals surface area contributed by atoms with Gasteiger partial charge in [0, 0.05) is 9.75 Å². The van der Waals surface area contributed by atoms with Gasteiger partial charge in [-0.15, -0.1) is 11.3 Å². The predicted octanol–water partition coefficient (Wildman–Crippen LogP) is 0.854. The molecule has 5 heteroatoms. The van der Waals surface area contributed by atoms with Crippen molar-refractivity contribution in [3.8, 4) is 0 Å². The highest BCUT2D eigenvalue weighted by atomic mass is 32.1. The summed E-state index contributed by atoms with van der Waals surface area (Å²) in [6.45, 7) is 0.365. The molecule has 1 aromatic rings. The van der Waals surface area contributed by atoms with Crippen LogP contribution in [0.4, 0.5) is 0 Å². The molecule has 0 aromatic carbocycles. The quantitative estimate of drug-likeness (QED) is 0.611. The van der Waals surface area contributed by atoms with Gasteiger partial charge in [-0.25, -0.2) is 5.48 Å². The number of hydroxylamine groups is 1. The Hall–Kier alpha value is -0.910. The third kappa shape index (κ3) is 2.61. The largest absolute Gasteiger partial charge is 0.481 e. The lowest BCUT2D eigenvalue weighted by atomic mass is 10.3. The molecule has 3 N–H and O–H groups in total. The zero-order valence-corrected chi connectivity index (χ0v) is 7.10. The first-order chi connectivity index (χ1) is 5.72. The van der Waals surface area contributed by atoms with E-state index in [1.165, 1.54) is 11.3 Å². The fourth-order valence-corrected chi connectivity index (χ4v) is 1.78. The molecule has 0 atom stereocenters. The Labute approximate surface area is 73.4 Å². The van der Waals surface area contributed by atoms with Crippen LogP contribution in [0.3, 0.4) is 0 Å². The van der Waals surface area contributed by atoms with E-state index in [0.717, 1.165) is 9.75 Å². The zero-order valence-electron chi connectivity index (χ0n) is 6.28. The summed E-state index contributed by atoms with van der Waals surface area (Å²) in [5.41, 5.74) is 2.01. The number of aliphatic carboxylic acids is 1. The second-order valence-corrected chi connectivity index (χ2v) is 3.53. The molecule has 0 bridgehead atoms. The predicted molar refractivity (Wildman–Crippen MR) is 44.3 cm³/mol. The van der Waals surface area contributed by atoms with E-state index in [9.17, 15) is 4.79 Å². The number of thiophene rings is 1. The Morgan fingerprint density at radius 3 is 2.75 bits per heavy atom. The van der Waals surface area contributed by atoms with Crippen molar-refractivity contribution in [2.45, 2.75) is 13.0 Å². The Balaban J connectivity index is 2.58. The first kappa shape index (κ1) is 9.18. The van der Waals surface area contributed by atoms with Crippen LogP contribution < -0.4 is 5.48 Å². The number of nitrogens with one attached hydrogen (secondary N) is 1. The van der Waals surface area contributed by atoms with E-state index in [-0.39, 0.29) is 6.42 Å². The first-order valence-electron chi connectivity index (χ1n) is 3.38. The average Bonchev–Trinajstić information content (AvgIpc) is 2.36. The lowest BCUT2D eigenvalue weighted by Gasteiger charge is -1.91. The van der Waals surface area contributed by atoms with Crippen molar-refractivity contribution in [1.29, 1.82) is 0 Å². The Kier molecular flexibility index (Phi) is 3.21. The van der Waals surface area contributed by atoms with Crippen LogP contribution in [-0.4, -0.2) is 16.3 Å². The molecule has 66 valence electrons. The van der Waals surface area contributed by atoms with Crippen molar-refractivity contribution in [3.05, 3.63) is 21.9 Å². The van der Waals surface area contributed by atoms with Crippen molar-refractivity contribution >= 4 is 17.3 Å². The number of carboxylic acids is 1. The monoisotopic (exact) mass is 187 g/mol. The van der Waals surface area contributed by atoms with E-state index in [0.29, 0.717) is 6.54 Å². The minimum atomic E-state index is -0.833. The summed E-state index contributed by atoms with van der Waals surface area (Å²) in [5, 5.41) is 16.8. The molecule has 0 radical (unpaired) electrons. The molecular weight excluding hydrogens is 178 g/mol.